The molecule has 4 aromatic heterocycles. The van der Waals surface area contributed by atoms with Gasteiger partial charge in [-0.05, 0) is 97.1 Å². The van der Waals surface area contributed by atoms with Crippen molar-refractivity contribution < 1.29 is 59.4 Å². The van der Waals surface area contributed by atoms with Crippen molar-refractivity contribution in [2.75, 3.05) is 0 Å². The first kappa shape index (κ1) is 47.7. The van der Waals surface area contributed by atoms with E-state index in [9.17, 15) is 20.4 Å². The quantitative estimate of drug-likeness (QED) is 0.128. The van der Waals surface area contributed by atoms with E-state index < -0.39 is 0 Å². The normalized spacial score (nSPS) is 10.4. The van der Waals surface area contributed by atoms with Crippen molar-refractivity contribution in [1.82, 2.24) is 19.9 Å². The molecule has 8 nitrogen and oxygen atoms in total. The number of phenols is 4. The number of nitrogens with zero attached hydrogens (tertiary/aromatic N) is 4. The molecule has 0 atom stereocenters. The third-order valence-electron chi connectivity index (χ3n) is 9.71. The molecule has 0 saturated carbocycles. The molecule has 316 valence electrons. The zero-order valence-electron chi connectivity index (χ0n) is 35.1. The fraction of sp³-hybridized carbons (Fsp3) is 0. The maximum absolute atomic E-state index is 9.76. The molecule has 0 amide bonds. The van der Waals surface area contributed by atoms with Gasteiger partial charge in [0.15, 0.2) is 0 Å². The maximum Gasteiger partial charge on any atom is 0.128 e. The molecule has 0 unspecified atom stereocenters. The second-order valence-electron chi connectivity index (χ2n) is 14.0. The van der Waals surface area contributed by atoms with Gasteiger partial charge in [0.25, 0.3) is 0 Å². The predicted molar refractivity (Wildman–Crippen MR) is 267 cm³/mol. The zero-order valence-corrected chi connectivity index (χ0v) is 44.3. The monoisotopic (exact) mass is 1040 g/mol. The topological polar surface area (TPSA) is 132 Å². The van der Waals surface area contributed by atoms with E-state index in [1.807, 2.05) is 170 Å². The van der Waals surface area contributed by atoms with Crippen LogP contribution in [0.3, 0.4) is 0 Å². The van der Waals surface area contributed by atoms with Gasteiger partial charge >= 0.3 is 0 Å². The molecule has 4 N–H and O–H groups in total. The summed E-state index contributed by atoms with van der Waals surface area (Å²) < 4.78 is 4.56. The molecule has 14 heteroatoms. The number of aromatic nitrogens is 4. The summed E-state index contributed by atoms with van der Waals surface area (Å²) in [5.41, 5.74) is 7.09. The average molecular weight is 1040 g/mol. The van der Waals surface area contributed by atoms with Crippen LogP contribution in [0.2, 0.25) is 0 Å². The molecular weight excluding hydrogens is 1000 g/mol. The fourth-order valence-corrected chi connectivity index (χ4v) is 10.6. The van der Waals surface area contributed by atoms with Gasteiger partial charge in [-0.2, -0.15) is 0 Å². The SMILES string of the molecule is Oc1ccccc1-c1nc2ccccc2s1.Oc1ccccc1-c1nc2ccccc2s1.Oc1ccccc1-c1nc2ccccc2s1.Oc1ccccc1-c1nc2ccccc2s1.[Zn].[Zn]. The fourth-order valence-electron chi connectivity index (χ4n) is 6.57. The van der Waals surface area contributed by atoms with Crippen molar-refractivity contribution in [3.05, 3.63) is 194 Å². The first-order chi connectivity index (χ1) is 31.4. The Balaban J connectivity index is 0.000000130. The Bertz CT molecular complexity index is 2920. The van der Waals surface area contributed by atoms with Crippen molar-refractivity contribution in [3.63, 3.8) is 0 Å². The van der Waals surface area contributed by atoms with Gasteiger partial charge in [0.1, 0.15) is 43.0 Å². The van der Waals surface area contributed by atoms with Gasteiger partial charge in [0.05, 0.1) is 63.1 Å². The minimum absolute atomic E-state index is 0. The van der Waals surface area contributed by atoms with Gasteiger partial charge < -0.3 is 20.4 Å². The maximum atomic E-state index is 9.76. The van der Waals surface area contributed by atoms with E-state index in [0.29, 0.717) is 0 Å². The van der Waals surface area contributed by atoms with Gasteiger partial charge in [-0.1, -0.05) is 97.1 Å². The van der Waals surface area contributed by atoms with Crippen molar-refractivity contribution in [2.24, 2.45) is 0 Å². The zero-order chi connectivity index (χ0) is 43.8. The van der Waals surface area contributed by atoms with Crippen molar-refractivity contribution in [3.8, 4) is 65.3 Å². The Morgan fingerprint density at radius 1 is 0.242 bits per heavy atom. The molecule has 0 bridgehead atoms. The molecule has 4 heterocycles. The minimum Gasteiger partial charge on any atom is -0.507 e. The largest absolute Gasteiger partial charge is 0.507 e. The summed E-state index contributed by atoms with van der Waals surface area (Å²) in [6.07, 6.45) is 0. The Morgan fingerprint density at radius 2 is 0.424 bits per heavy atom. The number of para-hydroxylation sites is 8. The smallest absolute Gasteiger partial charge is 0.128 e. The van der Waals surface area contributed by atoms with E-state index in [1.165, 1.54) is 0 Å². The molecule has 66 heavy (non-hydrogen) atoms. The number of rotatable bonds is 4. The second-order valence-corrected chi connectivity index (χ2v) is 18.1. The molecule has 0 fully saturated rings. The number of hydrogen-bond acceptors (Lipinski definition) is 12. The molecule has 12 aromatic rings. The Hall–Kier alpha value is -6.23. The van der Waals surface area contributed by atoms with Gasteiger partial charge in [-0.25, -0.2) is 19.9 Å². The summed E-state index contributed by atoms with van der Waals surface area (Å²) >= 11 is 6.37. The van der Waals surface area contributed by atoms with Crippen LogP contribution in [0.25, 0.3) is 83.2 Å². The van der Waals surface area contributed by atoms with Gasteiger partial charge in [0, 0.05) is 39.0 Å². The third-order valence-corrected chi connectivity index (χ3v) is 14.0. The minimum atomic E-state index is 0. The number of aromatic hydroxyl groups is 4. The summed E-state index contributed by atoms with van der Waals surface area (Å²) in [6, 6.07) is 61.1. The number of fused-ring (bicyclic) bond motifs is 4. The van der Waals surface area contributed by atoms with Crippen LogP contribution >= 0.6 is 45.3 Å². The third kappa shape index (κ3) is 11.1. The van der Waals surface area contributed by atoms with Gasteiger partial charge in [-0.3, -0.25) is 0 Å². The van der Waals surface area contributed by atoms with Crippen molar-refractivity contribution >= 4 is 86.2 Å². The van der Waals surface area contributed by atoms with E-state index >= 15 is 0 Å². The number of benzene rings is 8. The molecule has 0 saturated heterocycles. The Labute approximate surface area is 421 Å². The Morgan fingerprint density at radius 3 is 0.621 bits per heavy atom. The molecule has 8 aromatic carbocycles. The molecule has 0 aliphatic heterocycles. The second kappa shape index (κ2) is 22.3. The first-order valence-electron chi connectivity index (χ1n) is 19.9. The molecule has 0 radical (unpaired) electrons. The van der Waals surface area contributed by atoms with Crippen molar-refractivity contribution in [1.29, 1.82) is 0 Å². The van der Waals surface area contributed by atoms with Crippen LogP contribution in [0.5, 0.6) is 23.0 Å². The van der Waals surface area contributed by atoms with E-state index in [1.54, 1.807) is 69.6 Å². The molecule has 0 aliphatic rings. The van der Waals surface area contributed by atoms with E-state index in [-0.39, 0.29) is 62.0 Å². The Kier molecular flexibility index (Phi) is 16.1. The summed E-state index contributed by atoms with van der Waals surface area (Å²) in [6.45, 7) is 0. The van der Waals surface area contributed by atoms with Crippen LogP contribution in [0.15, 0.2) is 194 Å². The van der Waals surface area contributed by atoms with Crippen LogP contribution < -0.4 is 0 Å². The summed E-state index contributed by atoms with van der Waals surface area (Å²) in [5.74, 6) is 1.12. The molecular formula is C52H36N4O4S4Zn2. The van der Waals surface area contributed by atoms with Gasteiger partial charge in [-0.15, -0.1) is 45.3 Å². The average Bonchev–Trinajstić information content (AvgIpc) is 4.15. The summed E-state index contributed by atoms with van der Waals surface area (Å²) in [4.78, 5) is 18.0. The van der Waals surface area contributed by atoms with Crippen LogP contribution in [0.4, 0.5) is 0 Å². The van der Waals surface area contributed by atoms with Crippen LogP contribution in [0.1, 0.15) is 0 Å². The predicted octanol–water partition coefficient (Wildman–Crippen LogP) is 14.7. The molecule has 12 rings (SSSR count). The van der Waals surface area contributed by atoms with Crippen LogP contribution in [0, 0.1) is 0 Å². The van der Waals surface area contributed by atoms with Crippen LogP contribution in [-0.2, 0) is 39.0 Å². The first-order valence-corrected chi connectivity index (χ1v) is 23.2. The van der Waals surface area contributed by atoms with Crippen molar-refractivity contribution in [2.45, 2.75) is 0 Å². The number of thiazole rings is 4. The summed E-state index contributed by atoms with van der Waals surface area (Å²) in [7, 11) is 0. The molecule has 0 aliphatic carbocycles. The molecule has 0 spiro atoms. The van der Waals surface area contributed by atoms with E-state index in [0.717, 1.165) is 83.2 Å². The summed E-state index contributed by atoms with van der Waals surface area (Å²) in [5, 5.41) is 42.5. The standard InChI is InChI=1S/4C13H9NOS.2Zn/c4*15-11-7-3-1-5-9(11)13-14-10-6-2-4-8-12(10)16-13;;/h4*1-8,15H;;. The van der Waals surface area contributed by atoms with Gasteiger partial charge in [0.2, 0.25) is 0 Å². The number of hydrogen-bond donors (Lipinski definition) is 4. The number of phenolic OH excluding ortho intramolecular Hbond substituents is 4. The van der Waals surface area contributed by atoms with E-state index in [4.69, 9.17) is 0 Å². The van der Waals surface area contributed by atoms with Crippen LogP contribution in [-0.4, -0.2) is 40.4 Å². The van der Waals surface area contributed by atoms with E-state index in [2.05, 4.69) is 19.9 Å².